The minimum Gasteiger partial charge on any atom is -0.348 e. The Bertz CT molecular complexity index is 355. The van der Waals surface area contributed by atoms with E-state index in [2.05, 4.69) is 16.0 Å². The fourth-order valence-electron chi connectivity index (χ4n) is 1.54. The third-order valence-electron chi connectivity index (χ3n) is 2.56. The Morgan fingerprint density at radius 3 is 2.71 bits per heavy atom. The highest BCUT2D eigenvalue weighted by Crippen LogP contribution is 2.19. The predicted molar refractivity (Wildman–Crippen MR) is 57.9 cm³/mol. The van der Waals surface area contributed by atoms with Crippen molar-refractivity contribution in [2.75, 3.05) is 13.1 Å². The van der Waals surface area contributed by atoms with Gasteiger partial charge in [-0.3, -0.25) is 14.4 Å². The number of hydrogen-bond donors (Lipinski definition) is 3. The highest BCUT2D eigenvalue weighted by molar-refractivity contribution is 5.96. The van der Waals surface area contributed by atoms with E-state index < -0.39 is 17.4 Å². The maximum Gasteiger partial charge on any atom is 0.245 e. The number of hydrogen-bond acceptors (Lipinski definition) is 4. The average molecular weight is 241 g/mol. The number of carbonyl (C=O) groups is 4. The predicted octanol–water partition coefficient (Wildman–Crippen LogP) is -1.91. The number of nitrogens with one attached hydrogen (secondary N) is 3. The van der Waals surface area contributed by atoms with Crippen molar-refractivity contribution >= 4 is 24.0 Å². The zero-order chi connectivity index (χ0) is 12.9. The third-order valence-corrected chi connectivity index (χ3v) is 2.56. The summed E-state index contributed by atoms with van der Waals surface area (Å²) in [7, 11) is 0. The molecule has 7 nitrogen and oxygen atoms in total. The first kappa shape index (κ1) is 13.1. The van der Waals surface area contributed by atoms with Crippen LogP contribution in [-0.4, -0.2) is 42.6 Å². The van der Waals surface area contributed by atoms with E-state index in [1.807, 2.05) is 0 Å². The molecule has 0 aromatic rings. The first-order valence-corrected chi connectivity index (χ1v) is 5.27. The summed E-state index contributed by atoms with van der Waals surface area (Å²) in [5, 5.41) is 7.26. The summed E-state index contributed by atoms with van der Waals surface area (Å²) in [6.45, 7) is 1.32. The lowest BCUT2D eigenvalue weighted by Crippen LogP contribution is -2.53. The average Bonchev–Trinajstić information content (AvgIpc) is 2.64. The van der Waals surface area contributed by atoms with Crippen LogP contribution in [-0.2, 0) is 19.2 Å². The molecule has 1 heterocycles. The van der Waals surface area contributed by atoms with Gasteiger partial charge in [-0.15, -0.1) is 0 Å². The van der Waals surface area contributed by atoms with E-state index >= 15 is 0 Å². The Balaban J connectivity index is 2.37. The molecule has 0 aliphatic carbocycles. The summed E-state index contributed by atoms with van der Waals surface area (Å²) < 4.78 is 0. The lowest BCUT2D eigenvalue weighted by Gasteiger charge is -2.22. The van der Waals surface area contributed by atoms with Gasteiger partial charge in [-0.25, -0.2) is 0 Å². The van der Waals surface area contributed by atoms with Crippen molar-refractivity contribution in [3.05, 3.63) is 0 Å². The van der Waals surface area contributed by atoms with Gasteiger partial charge in [0.25, 0.3) is 0 Å². The molecule has 7 heteroatoms. The van der Waals surface area contributed by atoms with Crippen molar-refractivity contribution in [2.45, 2.75) is 25.3 Å². The molecule has 3 amide bonds. The summed E-state index contributed by atoms with van der Waals surface area (Å²) in [4.78, 5) is 43.9. The summed E-state index contributed by atoms with van der Waals surface area (Å²) >= 11 is 0. The lowest BCUT2D eigenvalue weighted by atomic mass is 9.99. The largest absolute Gasteiger partial charge is 0.348 e. The smallest absolute Gasteiger partial charge is 0.245 e. The zero-order valence-electron chi connectivity index (χ0n) is 9.54. The van der Waals surface area contributed by atoms with Crippen LogP contribution in [0, 0.1) is 0 Å². The van der Waals surface area contributed by atoms with Gasteiger partial charge in [-0.05, 0) is 13.3 Å². The van der Waals surface area contributed by atoms with Crippen LogP contribution in [0.15, 0.2) is 0 Å². The van der Waals surface area contributed by atoms with Gasteiger partial charge in [0.1, 0.15) is 11.8 Å². The number of aldehydes is 1. The van der Waals surface area contributed by atoms with Crippen LogP contribution in [0.3, 0.4) is 0 Å². The van der Waals surface area contributed by atoms with E-state index in [-0.39, 0.29) is 19.0 Å². The fraction of sp³-hybridized carbons (Fsp3) is 0.600. The molecule has 94 valence electrons. The summed E-state index contributed by atoms with van der Waals surface area (Å²) in [5.74, 6) is -1.02. The Morgan fingerprint density at radius 1 is 1.47 bits per heavy atom. The van der Waals surface area contributed by atoms with Gasteiger partial charge in [0.15, 0.2) is 0 Å². The quantitative estimate of drug-likeness (QED) is 0.488. The van der Waals surface area contributed by atoms with Crippen molar-refractivity contribution in [2.24, 2.45) is 0 Å². The van der Waals surface area contributed by atoms with Crippen molar-refractivity contribution in [3.63, 3.8) is 0 Å². The van der Waals surface area contributed by atoms with E-state index in [4.69, 9.17) is 0 Å². The fourth-order valence-corrected chi connectivity index (χ4v) is 1.54. The second-order valence-electron chi connectivity index (χ2n) is 4.03. The number of amides is 3. The van der Waals surface area contributed by atoms with Crippen LogP contribution in [0.2, 0.25) is 0 Å². The van der Waals surface area contributed by atoms with Crippen molar-refractivity contribution in [1.82, 2.24) is 16.0 Å². The highest BCUT2D eigenvalue weighted by atomic mass is 16.2. The van der Waals surface area contributed by atoms with E-state index in [0.717, 1.165) is 0 Å². The molecule has 1 saturated heterocycles. The van der Waals surface area contributed by atoms with Gasteiger partial charge >= 0.3 is 0 Å². The summed E-state index contributed by atoms with van der Waals surface area (Å²) in [6.07, 6.45) is 1.27. The normalized spacial score (nSPS) is 22.8. The third kappa shape index (κ3) is 3.54. The van der Waals surface area contributed by atoms with Gasteiger partial charge in [0.05, 0.1) is 13.1 Å². The molecular formula is C10H15N3O4. The second kappa shape index (κ2) is 5.42. The topological polar surface area (TPSA) is 104 Å². The molecule has 0 saturated carbocycles. The summed E-state index contributed by atoms with van der Waals surface area (Å²) in [6, 6.07) is 0. The molecule has 17 heavy (non-hydrogen) atoms. The molecule has 0 aromatic carbocycles. The Labute approximate surface area is 98.3 Å². The zero-order valence-corrected chi connectivity index (χ0v) is 9.54. The molecular weight excluding hydrogens is 226 g/mol. The standard InChI is InChI=1S/C10H15N3O4/c1-10(3-2-7(15)13-10)9(17)12-6-8(16)11-4-5-14/h5H,2-4,6H2,1H3,(H,11,16)(H,12,17)(H,13,15)/t10-/m0/s1. The monoisotopic (exact) mass is 241 g/mol. The SMILES string of the molecule is C[C@@]1(C(=O)NCC(=O)NCC=O)CCC(=O)N1. The van der Waals surface area contributed by atoms with E-state index in [1.165, 1.54) is 0 Å². The molecule has 1 aliphatic rings. The molecule has 0 unspecified atom stereocenters. The van der Waals surface area contributed by atoms with Crippen LogP contribution in [0.5, 0.6) is 0 Å². The molecule has 3 N–H and O–H groups in total. The van der Waals surface area contributed by atoms with Gasteiger partial charge < -0.3 is 20.7 Å². The first-order valence-electron chi connectivity index (χ1n) is 5.27. The molecule has 0 spiro atoms. The molecule has 1 atom stereocenters. The van der Waals surface area contributed by atoms with Crippen LogP contribution >= 0.6 is 0 Å². The van der Waals surface area contributed by atoms with E-state index in [0.29, 0.717) is 19.1 Å². The van der Waals surface area contributed by atoms with Crippen LogP contribution < -0.4 is 16.0 Å². The van der Waals surface area contributed by atoms with Crippen LogP contribution in [0.1, 0.15) is 19.8 Å². The minimum absolute atomic E-state index is 0.0806. The van der Waals surface area contributed by atoms with Gasteiger partial charge in [-0.2, -0.15) is 0 Å². The van der Waals surface area contributed by atoms with Crippen molar-refractivity contribution in [3.8, 4) is 0 Å². The molecule has 1 rings (SSSR count). The van der Waals surface area contributed by atoms with Crippen molar-refractivity contribution < 1.29 is 19.2 Å². The Kier molecular flexibility index (Phi) is 4.19. The maximum absolute atomic E-state index is 11.7. The van der Waals surface area contributed by atoms with Crippen LogP contribution in [0.25, 0.3) is 0 Å². The van der Waals surface area contributed by atoms with E-state index in [1.54, 1.807) is 6.92 Å². The molecule has 0 radical (unpaired) electrons. The minimum atomic E-state index is -0.942. The highest BCUT2D eigenvalue weighted by Gasteiger charge is 2.39. The molecule has 1 fully saturated rings. The lowest BCUT2D eigenvalue weighted by molar-refractivity contribution is -0.131. The van der Waals surface area contributed by atoms with Gasteiger partial charge in [-0.1, -0.05) is 0 Å². The maximum atomic E-state index is 11.7. The van der Waals surface area contributed by atoms with Gasteiger partial charge in [0.2, 0.25) is 17.7 Å². The Hall–Kier alpha value is -1.92. The molecule has 1 aliphatic heterocycles. The van der Waals surface area contributed by atoms with E-state index in [9.17, 15) is 19.2 Å². The second-order valence-corrected chi connectivity index (χ2v) is 4.03. The van der Waals surface area contributed by atoms with Crippen molar-refractivity contribution in [1.29, 1.82) is 0 Å². The first-order chi connectivity index (χ1) is 7.98. The summed E-state index contributed by atoms with van der Waals surface area (Å²) in [5.41, 5.74) is -0.942. The van der Waals surface area contributed by atoms with Crippen LogP contribution in [0.4, 0.5) is 0 Å². The molecule has 0 bridgehead atoms. The van der Waals surface area contributed by atoms with Gasteiger partial charge in [0, 0.05) is 6.42 Å². The Morgan fingerprint density at radius 2 is 2.18 bits per heavy atom. The number of carbonyl (C=O) groups excluding carboxylic acids is 4. The molecule has 0 aromatic heterocycles. The number of rotatable bonds is 5.